The van der Waals surface area contributed by atoms with E-state index >= 15 is 0 Å². The van der Waals surface area contributed by atoms with Crippen LogP contribution in [-0.2, 0) is 9.53 Å². The number of ether oxygens (including phenoxy) is 1. The van der Waals surface area contributed by atoms with Crippen LogP contribution in [0.4, 0.5) is 0 Å². The maximum atomic E-state index is 11.1. The second-order valence-corrected chi connectivity index (χ2v) is 4.07. The fraction of sp³-hybridized carbons (Fsp3) is 0.909. The average Bonchev–Trinajstić information content (AvgIpc) is 2.09. The Balaban J connectivity index is 3.18. The van der Waals surface area contributed by atoms with Crippen LogP contribution in [-0.4, -0.2) is 25.2 Å². The van der Waals surface area contributed by atoms with E-state index in [1.165, 1.54) is 0 Å². The molecule has 0 bridgehead atoms. The van der Waals surface area contributed by atoms with Crippen LogP contribution in [0.25, 0.3) is 0 Å². The van der Waals surface area contributed by atoms with E-state index < -0.39 is 0 Å². The summed E-state index contributed by atoms with van der Waals surface area (Å²) in [6.45, 7) is 9.41. The summed E-state index contributed by atoms with van der Waals surface area (Å²) in [6, 6.07) is 0. The first-order valence-electron chi connectivity index (χ1n) is 5.43. The van der Waals surface area contributed by atoms with Gasteiger partial charge in [0.05, 0.1) is 6.10 Å². The molecule has 0 aliphatic carbocycles. The van der Waals surface area contributed by atoms with Gasteiger partial charge in [-0.25, -0.2) is 0 Å². The molecule has 1 N–H and O–H groups in total. The van der Waals surface area contributed by atoms with Gasteiger partial charge in [-0.1, -0.05) is 13.8 Å². The highest BCUT2D eigenvalue weighted by Crippen LogP contribution is 1.95. The van der Waals surface area contributed by atoms with Crippen LogP contribution in [0, 0.1) is 5.92 Å². The molecule has 0 atom stereocenters. The molecule has 0 saturated carbocycles. The third kappa shape index (κ3) is 8.05. The number of nitrogens with one attached hydrogen (secondary N) is 1. The van der Waals surface area contributed by atoms with Crippen molar-refractivity contribution < 1.29 is 9.53 Å². The van der Waals surface area contributed by atoms with Gasteiger partial charge in [0.1, 0.15) is 0 Å². The van der Waals surface area contributed by atoms with Crippen molar-refractivity contribution in [2.45, 2.75) is 46.6 Å². The molecule has 3 nitrogen and oxygen atoms in total. The fourth-order valence-electron chi connectivity index (χ4n) is 0.962. The van der Waals surface area contributed by atoms with E-state index in [2.05, 4.69) is 5.32 Å². The zero-order chi connectivity index (χ0) is 11.0. The molecule has 1 amide bonds. The van der Waals surface area contributed by atoms with E-state index in [9.17, 15) is 4.79 Å². The molecule has 3 heteroatoms. The normalized spacial score (nSPS) is 11.0. The minimum Gasteiger partial charge on any atom is -0.379 e. The Hall–Kier alpha value is -0.570. The van der Waals surface area contributed by atoms with Crippen molar-refractivity contribution in [1.82, 2.24) is 5.32 Å². The molecule has 0 rings (SSSR count). The molecule has 0 heterocycles. The van der Waals surface area contributed by atoms with Crippen LogP contribution in [0.5, 0.6) is 0 Å². The molecule has 0 aromatic heterocycles. The third-order valence-corrected chi connectivity index (χ3v) is 1.85. The minimum absolute atomic E-state index is 0.0851. The maximum Gasteiger partial charge on any atom is 0.222 e. The van der Waals surface area contributed by atoms with Gasteiger partial charge in [0, 0.05) is 19.1 Å². The summed E-state index contributed by atoms with van der Waals surface area (Å²) in [7, 11) is 0. The molecule has 0 radical (unpaired) electrons. The highest BCUT2D eigenvalue weighted by molar-refractivity contribution is 5.77. The van der Waals surface area contributed by atoms with Gasteiger partial charge >= 0.3 is 0 Å². The average molecular weight is 201 g/mol. The predicted octanol–water partition coefficient (Wildman–Crippen LogP) is 1.96. The molecule has 0 fully saturated rings. The van der Waals surface area contributed by atoms with E-state index in [1.807, 2.05) is 27.7 Å². The van der Waals surface area contributed by atoms with E-state index in [1.54, 1.807) is 0 Å². The van der Waals surface area contributed by atoms with Gasteiger partial charge in [0.15, 0.2) is 0 Å². The lowest BCUT2D eigenvalue weighted by Crippen LogP contribution is -2.28. The second-order valence-electron chi connectivity index (χ2n) is 4.07. The van der Waals surface area contributed by atoms with Crippen LogP contribution in [0.1, 0.15) is 40.5 Å². The van der Waals surface area contributed by atoms with Gasteiger partial charge in [-0.05, 0) is 26.7 Å². The lowest BCUT2D eigenvalue weighted by Gasteiger charge is -2.09. The summed E-state index contributed by atoms with van der Waals surface area (Å²) < 4.78 is 5.38. The van der Waals surface area contributed by atoms with Crippen molar-refractivity contribution in [3.8, 4) is 0 Å². The minimum atomic E-state index is 0.0851. The Kier molecular flexibility index (Phi) is 7.48. The number of carbonyl (C=O) groups excluding carboxylic acids is 1. The number of amides is 1. The van der Waals surface area contributed by atoms with Crippen LogP contribution in [0.2, 0.25) is 0 Å². The first kappa shape index (κ1) is 13.4. The van der Waals surface area contributed by atoms with Gasteiger partial charge < -0.3 is 10.1 Å². The molecular weight excluding hydrogens is 178 g/mol. The topological polar surface area (TPSA) is 38.3 Å². The summed E-state index contributed by atoms with van der Waals surface area (Å²) in [5.74, 6) is 0.219. The lowest BCUT2D eigenvalue weighted by molar-refractivity contribution is -0.123. The van der Waals surface area contributed by atoms with Crippen molar-refractivity contribution in [2.24, 2.45) is 5.92 Å². The van der Waals surface area contributed by atoms with Crippen molar-refractivity contribution in [3.63, 3.8) is 0 Å². The molecule has 84 valence electrons. The molecule has 0 unspecified atom stereocenters. The number of unbranched alkanes of at least 4 members (excludes halogenated alkanes) is 1. The lowest BCUT2D eigenvalue weighted by atomic mass is 10.2. The summed E-state index contributed by atoms with van der Waals surface area (Å²) in [4.78, 5) is 11.1. The van der Waals surface area contributed by atoms with Crippen molar-refractivity contribution in [2.75, 3.05) is 13.2 Å². The van der Waals surface area contributed by atoms with Crippen LogP contribution in [0.3, 0.4) is 0 Å². The number of rotatable bonds is 7. The molecule has 0 aromatic carbocycles. The summed E-state index contributed by atoms with van der Waals surface area (Å²) in [6.07, 6.45) is 2.31. The predicted molar refractivity (Wildman–Crippen MR) is 58.2 cm³/mol. The van der Waals surface area contributed by atoms with E-state index in [-0.39, 0.29) is 11.8 Å². The molecule has 0 saturated heterocycles. The van der Waals surface area contributed by atoms with E-state index in [4.69, 9.17) is 4.74 Å². The number of hydrogen-bond donors (Lipinski definition) is 1. The molecule has 0 aromatic rings. The SMILES string of the molecule is CC(C)OCCCCNC(=O)C(C)C. The first-order chi connectivity index (χ1) is 6.54. The first-order valence-corrected chi connectivity index (χ1v) is 5.43. The van der Waals surface area contributed by atoms with Crippen LogP contribution in [0.15, 0.2) is 0 Å². The molecule has 0 aliphatic heterocycles. The Bertz CT molecular complexity index is 155. The zero-order valence-electron chi connectivity index (χ0n) is 9.80. The number of hydrogen-bond acceptors (Lipinski definition) is 2. The quantitative estimate of drug-likeness (QED) is 0.639. The van der Waals surface area contributed by atoms with Crippen LogP contribution < -0.4 is 5.32 Å². The standard InChI is InChI=1S/C11H23NO2/c1-9(2)11(13)12-7-5-6-8-14-10(3)4/h9-10H,5-8H2,1-4H3,(H,12,13). The third-order valence-electron chi connectivity index (χ3n) is 1.85. The molecular formula is C11H23NO2. The van der Waals surface area contributed by atoms with Crippen molar-refractivity contribution >= 4 is 5.91 Å². The maximum absolute atomic E-state index is 11.1. The van der Waals surface area contributed by atoms with Crippen LogP contribution >= 0.6 is 0 Å². The van der Waals surface area contributed by atoms with Crippen molar-refractivity contribution in [1.29, 1.82) is 0 Å². The van der Waals surface area contributed by atoms with Gasteiger partial charge in [0.25, 0.3) is 0 Å². The Labute approximate surface area is 87.2 Å². The summed E-state index contributed by atoms with van der Waals surface area (Å²) in [5, 5.41) is 2.88. The van der Waals surface area contributed by atoms with Gasteiger partial charge in [-0.2, -0.15) is 0 Å². The largest absolute Gasteiger partial charge is 0.379 e. The second kappa shape index (κ2) is 7.80. The summed E-state index contributed by atoms with van der Waals surface area (Å²) in [5.41, 5.74) is 0. The molecule has 14 heavy (non-hydrogen) atoms. The Morgan fingerprint density at radius 3 is 2.36 bits per heavy atom. The van der Waals surface area contributed by atoms with Gasteiger partial charge in [-0.15, -0.1) is 0 Å². The van der Waals surface area contributed by atoms with Crippen molar-refractivity contribution in [3.05, 3.63) is 0 Å². The summed E-state index contributed by atoms with van der Waals surface area (Å²) >= 11 is 0. The zero-order valence-corrected chi connectivity index (χ0v) is 9.80. The molecule has 0 aliphatic rings. The van der Waals surface area contributed by atoms with E-state index in [0.29, 0.717) is 6.10 Å². The Morgan fingerprint density at radius 1 is 1.21 bits per heavy atom. The fourth-order valence-corrected chi connectivity index (χ4v) is 0.962. The van der Waals surface area contributed by atoms with E-state index in [0.717, 1.165) is 26.0 Å². The van der Waals surface area contributed by atoms with Gasteiger partial charge in [-0.3, -0.25) is 4.79 Å². The smallest absolute Gasteiger partial charge is 0.222 e. The van der Waals surface area contributed by atoms with Gasteiger partial charge in [0.2, 0.25) is 5.91 Å². The Morgan fingerprint density at radius 2 is 1.86 bits per heavy atom. The highest BCUT2D eigenvalue weighted by Gasteiger charge is 2.04. The highest BCUT2D eigenvalue weighted by atomic mass is 16.5. The molecule has 0 spiro atoms. The number of carbonyl (C=O) groups is 1. The monoisotopic (exact) mass is 201 g/mol.